The summed E-state index contributed by atoms with van der Waals surface area (Å²) in [6.45, 7) is 1.11. The van der Waals surface area contributed by atoms with Crippen LogP contribution in [0.3, 0.4) is 0 Å². The second kappa shape index (κ2) is 12.2. The van der Waals surface area contributed by atoms with Crippen molar-refractivity contribution < 1.29 is 28.0 Å². The van der Waals surface area contributed by atoms with Crippen LogP contribution in [0.2, 0.25) is 0 Å². The van der Waals surface area contributed by atoms with E-state index in [2.05, 4.69) is 16.0 Å². The number of carbonyl (C=O) groups excluding carboxylic acids is 4. The summed E-state index contributed by atoms with van der Waals surface area (Å²) in [5.41, 5.74) is 1.47. The van der Waals surface area contributed by atoms with Gasteiger partial charge in [0.25, 0.3) is 5.91 Å². The number of carbonyl (C=O) groups is 4. The molecule has 0 bridgehead atoms. The van der Waals surface area contributed by atoms with E-state index < -0.39 is 30.3 Å². The summed E-state index contributed by atoms with van der Waals surface area (Å²) in [5.74, 6) is -1.20. The average Bonchev–Trinajstić information content (AvgIpc) is 3.64. The van der Waals surface area contributed by atoms with E-state index in [4.69, 9.17) is 8.83 Å². The van der Waals surface area contributed by atoms with Crippen LogP contribution in [0.25, 0.3) is 0 Å². The van der Waals surface area contributed by atoms with Crippen molar-refractivity contribution >= 4 is 35.0 Å². The van der Waals surface area contributed by atoms with Crippen molar-refractivity contribution in [3.05, 3.63) is 108 Å². The third kappa shape index (κ3) is 6.55. The highest BCUT2D eigenvalue weighted by Crippen LogP contribution is 2.29. The Labute approximate surface area is 218 Å². The average molecular weight is 515 g/mol. The standard InChI is InChI=1S/C28H26N4O6/c1-19(33)31-21-11-13-22(14-12-21)32(25(34)18-30-27(35)24-10-6-16-38-24)26(20-7-3-2-4-8-20)28(36)29-17-23-9-5-15-37-23/h2-16,26H,17-18H2,1H3,(H,29,36)(H,30,35)(H,31,33). The number of anilines is 2. The lowest BCUT2D eigenvalue weighted by Crippen LogP contribution is -2.47. The molecule has 1 atom stereocenters. The molecular weight excluding hydrogens is 488 g/mol. The number of rotatable bonds is 10. The van der Waals surface area contributed by atoms with E-state index in [9.17, 15) is 19.2 Å². The van der Waals surface area contributed by atoms with Gasteiger partial charge >= 0.3 is 0 Å². The van der Waals surface area contributed by atoms with Crippen LogP contribution in [0.4, 0.5) is 11.4 Å². The van der Waals surface area contributed by atoms with Crippen molar-refractivity contribution in [2.24, 2.45) is 0 Å². The van der Waals surface area contributed by atoms with E-state index in [1.165, 1.54) is 30.4 Å². The monoisotopic (exact) mass is 514 g/mol. The van der Waals surface area contributed by atoms with Gasteiger partial charge in [0.2, 0.25) is 17.7 Å². The number of hydrogen-bond acceptors (Lipinski definition) is 6. The Bertz CT molecular complexity index is 1370. The SMILES string of the molecule is CC(=O)Nc1ccc(N(C(=O)CNC(=O)c2ccco2)C(C(=O)NCc2ccco2)c2ccccc2)cc1. The number of nitrogens with zero attached hydrogens (tertiary/aromatic N) is 1. The molecule has 2 heterocycles. The lowest BCUT2D eigenvalue weighted by atomic mass is 10.0. The van der Waals surface area contributed by atoms with Crippen LogP contribution in [0.1, 0.15) is 34.8 Å². The van der Waals surface area contributed by atoms with Gasteiger partial charge in [0.1, 0.15) is 11.8 Å². The number of furan rings is 2. The van der Waals surface area contributed by atoms with Crippen LogP contribution in [0.5, 0.6) is 0 Å². The van der Waals surface area contributed by atoms with Crippen LogP contribution < -0.4 is 20.9 Å². The quantitative estimate of drug-likeness (QED) is 0.296. The van der Waals surface area contributed by atoms with Crippen molar-refractivity contribution in [1.82, 2.24) is 10.6 Å². The van der Waals surface area contributed by atoms with Crippen LogP contribution in [0.15, 0.2) is 100 Å². The third-order valence-electron chi connectivity index (χ3n) is 5.52. The summed E-state index contributed by atoms with van der Waals surface area (Å²) in [4.78, 5) is 52.4. The van der Waals surface area contributed by atoms with Crippen LogP contribution in [-0.2, 0) is 20.9 Å². The van der Waals surface area contributed by atoms with Gasteiger partial charge in [-0.3, -0.25) is 24.1 Å². The van der Waals surface area contributed by atoms with Crippen molar-refractivity contribution in [2.45, 2.75) is 19.5 Å². The lowest BCUT2D eigenvalue weighted by Gasteiger charge is -2.31. The summed E-state index contributed by atoms with van der Waals surface area (Å²) < 4.78 is 10.4. The first kappa shape index (κ1) is 26.0. The van der Waals surface area contributed by atoms with Crippen molar-refractivity contribution in [3.63, 3.8) is 0 Å². The second-order valence-corrected chi connectivity index (χ2v) is 8.26. The summed E-state index contributed by atoms with van der Waals surface area (Å²) in [6.07, 6.45) is 2.86. The van der Waals surface area contributed by atoms with Crippen LogP contribution >= 0.6 is 0 Å². The maximum Gasteiger partial charge on any atom is 0.287 e. The summed E-state index contributed by atoms with van der Waals surface area (Å²) in [5, 5.41) is 8.05. The van der Waals surface area contributed by atoms with E-state index in [0.717, 1.165) is 0 Å². The van der Waals surface area contributed by atoms with E-state index in [1.54, 1.807) is 72.8 Å². The molecule has 194 valence electrons. The summed E-state index contributed by atoms with van der Waals surface area (Å²) >= 11 is 0. The molecule has 10 nitrogen and oxygen atoms in total. The molecule has 10 heteroatoms. The highest BCUT2D eigenvalue weighted by molar-refractivity contribution is 6.04. The number of amides is 4. The number of benzene rings is 2. The Morgan fingerprint density at radius 3 is 2.16 bits per heavy atom. The molecule has 0 aliphatic carbocycles. The van der Waals surface area contributed by atoms with Crippen molar-refractivity contribution in [2.75, 3.05) is 16.8 Å². The summed E-state index contributed by atoms with van der Waals surface area (Å²) in [6, 6.07) is 20.7. The molecule has 2 aromatic heterocycles. The van der Waals surface area contributed by atoms with Gasteiger partial charge in [0.05, 0.1) is 25.6 Å². The Balaban J connectivity index is 1.66. The molecule has 4 amide bonds. The molecule has 4 aromatic rings. The first-order chi connectivity index (χ1) is 18.4. The first-order valence-electron chi connectivity index (χ1n) is 11.8. The summed E-state index contributed by atoms with van der Waals surface area (Å²) in [7, 11) is 0. The van der Waals surface area contributed by atoms with Gasteiger partial charge in [-0.2, -0.15) is 0 Å². The molecule has 0 saturated carbocycles. The molecule has 38 heavy (non-hydrogen) atoms. The number of hydrogen-bond donors (Lipinski definition) is 3. The van der Waals surface area contributed by atoms with Gasteiger partial charge in [0.15, 0.2) is 5.76 Å². The Morgan fingerprint density at radius 1 is 0.816 bits per heavy atom. The Hall–Kier alpha value is -5.12. The highest BCUT2D eigenvalue weighted by atomic mass is 16.3. The number of nitrogens with one attached hydrogen (secondary N) is 3. The zero-order chi connectivity index (χ0) is 26.9. The van der Waals surface area contributed by atoms with Gasteiger partial charge in [-0.1, -0.05) is 30.3 Å². The van der Waals surface area contributed by atoms with Gasteiger partial charge in [-0.15, -0.1) is 0 Å². The lowest BCUT2D eigenvalue weighted by molar-refractivity contribution is -0.126. The van der Waals surface area contributed by atoms with Crippen molar-refractivity contribution in [3.8, 4) is 0 Å². The smallest absolute Gasteiger partial charge is 0.287 e. The molecule has 0 saturated heterocycles. The highest BCUT2D eigenvalue weighted by Gasteiger charge is 2.33. The molecular formula is C28H26N4O6. The molecule has 0 fully saturated rings. The fourth-order valence-electron chi connectivity index (χ4n) is 3.82. The predicted molar refractivity (Wildman–Crippen MR) is 139 cm³/mol. The molecule has 0 spiro atoms. The van der Waals surface area contributed by atoms with E-state index in [0.29, 0.717) is 22.7 Å². The van der Waals surface area contributed by atoms with Crippen molar-refractivity contribution in [1.29, 1.82) is 0 Å². The van der Waals surface area contributed by atoms with Gasteiger partial charge in [-0.05, 0) is 54.1 Å². The topological polar surface area (TPSA) is 134 Å². The molecule has 3 N–H and O–H groups in total. The minimum absolute atomic E-state index is 0.0554. The fraction of sp³-hybridized carbons (Fsp3) is 0.143. The first-order valence-corrected chi connectivity index (χ1v) is 11.8. The van der Waals surface area contributed by atoms with Gasteiger partial charge in [-0.25, -0.2) is 0 Å². The Kier molecular flexibility index (Phi) is 8.35. The Morgan fingerprint density at radius 2 is 1.53 bits per heavy atom. The zero-order valence-corrected chi connectivity index (χ0v) is 20.5. The third-order valence-corrected chi connectivity index (χ3v) is 5.52. The van der Waals surface area contributed by atoms with E-state index in [-0.39, 0.29) is 18.2 Å². The second-order valence-electron chi connectivity index (χ2n) is 8.26. The predicted octanol–water partition coefficient (Wildman–Crippen LogP) is 3.65. The molecule has 0 radical (unpaired) electrons. The molecule has 4 rings (SSSR count). The molecule has 2 aromatic carbocycles. The molecule has 0 aliphatic heterocycles. The van der Waals surface area contributed by atoms with Gasteiger partial charge < -0.3 is 24.8 Å². The van der Waals surface area contributed by atoms with Crippen LogP contribution in [-0.4, -0.2) is 30.2 Å². The molecule has 0 aliphatic rings. The maximum absolute atomic E-state index is 13.6. The minimum atomic E-state index is -1.08. The minimum Gasteiger partial charge on any atom is -0.467 e. The van der Waals surface area contributed by atoms with E-state index >= 15 is 0 Å². The van der Waals surface area contributed by atoms with Crippen LogP contribution in [0, 0.1) is 0 Å². The van der Waals surface area contributed by atoms with Gasteiger partial charge in [0, 0.05) is 18.3 Å². The molecule has 1 unspecified atom stereocenters. The fourth-order valence-corrected chi connectivity index (χ4v) is 3.82. The maximum atomic E-state index is 13.6. The van der Waals surface area contributed by atoms with E-state index in [1.807, 2.05) is 0 Å². The normalized spacial score (nSPS) is 11.3. The zero-order valence-electron chi connectivity index (χ0n) is 20.5. The largest absolute Gasteiger partial charge is 0.467 e.